The zero-order chi connectivity index (χ0) is 11.6. The third kappa shape index (κ3) is 2.01. The summed E-state index contributed by atoms with van der Waals surface area (Å²) in [6.45, 7) is 3.72. The second kappa shape index (κ2) is 3.77. The number of ether oxygens (including phenoxy) is 1. The van der Waals surface area contributed by atoms with Crippen LogP contribution in [0, 0.1) is 12.3 Å². The van der Waals surface area contributed by atoms with Gasteiger partial charge in [0.15, 0.2) is 5.69 Å². The van der Waals surface area contributed by atoms with Crippen molar-refractivity contribution in [2.24, 2.45) is 7.05 Å². The van der Waals surface area contributed by atoms with Gasteiger partial charge in [0.25, 0.3) is 0 Å². The van der Waals surface area contributed by atoms with Crippen LogP contribution in [0.4, 0.5) is 0 Å². The largest absolute Gasteiger partial charge is 0.464 e. The molecule has 0 fully saturated rings. The first kappa shape index (κ1) is 11.3. The molecule has 0 aliphatic heterocycles. The van der Waals surface area contributed by atoms with E-state index in [0.717, 1.165) is 0 Å². The van der Waals surface area contributed by atoms with Crippen molar-refractivity contribution < 1.29 is 9.53 Å². The quantitative estimate of drug-likeness (QED) is 0.538. The molecule has 0 aromatic carbocycles. The average Bonchev–Trinajstić information content (AvgIpc) is 2.60. The first-order chi connectivity index (χ1) is 6.92. The van der Waals surface area contributed by atoms with E-state index < -0.39 is 11.4 Å². The van der Waals surface area contributed by atoms with Crippen LogP contribution in [-0.4, -0.2) is 22.9 Å². The van der Waals surface area contributed by atoms with Gasteiger partial charge in [0.05, 0.1) is 12.5 Å². The van der Waals surface area contributed by atoms with Crippen LogP contribution in [0.1, 0.15) is 29.9 Å². The smallest absolute Gasteiger partial charge is 0.358 e. The lowest BCUT2D eigenvalue weighted by molar-refractivity contribution is 0.0591. The molecule has 1 rings (SSSR count). The highest BCUT2D eigenvalue weighted by Crippen LogP contribution is 2.25. The maximum atomic E-state index is 11.4. The average molecular weight is 206 g/mol. The van der Waals surface area contributed by atoms with Crippen molar-refractivity contribution in [3.05, 3.63) is 17.5 Å². The van der Waals surface area contributed by atoms with Gasteiger partial charge in [-0.25, -0.2) is 4.79 Å². The lowest BCUT2D eigenvalue weighted by Gasteiger charge is -2.16. The Kier molecular flexibility index (Phi) is 2.85. The Morgan fingerprint density at radius 3 is 2.73 bits per heavy atom. The van der Waals surface area contributed by atoms with Crippen LogP contribution in [-0.2, 0) is 17.2 Å². The van der Waals surface area contributed by atoms with Gasteiger partial charge in [-0.1, -0.05) is 5.92 Å². The molecule has 4 nitrogen and oxygen atoms in total. The third-order valence-corrected chi connectivity index (χ3v) is 2.24. The van der Waals surface area contributed by atoms with E-state index in [-0.39, 0.29) is 5.69 Å². The van der Waals surface area contributed by atoms with Gasteiger partial charge in [0, 0.05) is 18.8 Å². The van der Waals surface area contributed by atoms with E-state index >= 15 is 0 Å². The summed E-state index contributed by atoms with van der Waals surface area (Å²) in [5, 5.41) is 4.04. The molecule has 0 spiro atoms. The van der Waals surface area contributed by atoms with Crippen LogP contribution in [0.25, 0.3) is 0 Å². The Hall–Kier alpha value is -1.76. The van der Waals surface area contributed by atoms with Gasteiger partial charge in [-0.15, -0.1) is 6.42 Å². The molecule has 15 heavy (non-hydrogen) atoms. The number of aromatic nitrogens is 2. The molecule has 0 bridgehead atoms. The standard InChI is InChI=1S/C11H14N2O2/c1-6-11(2,3)8-7-13(4)12-9(8)10(14)15-5/h1,7H,2-5H3. The lowest BCUT2D eigenvalue weighted by atomic mass is 9.86. The molecule has 80 valence electrons. The topological polar surface area (TPSA) is 44.1 Å². The summed E-state index contributed by atoms with van der Waals surface area (Å²) in [7, 11) is 3.06. The molecule has 0 amide bonds. The van der Waals surface area contributed by atoms with Crippen LogP contribution >= 0.6 is 0 Å². The lowest BCUT2D eigenvalue weighted by Crippen LogP contribution is -2.18. The van der Waals surface area contributed by atoms with E-state index in [1.807, 2.05) is 13.8 Å². The Labute approximate surface area is 89.2 Å². The number of hydrogen-bond acceptors (Lipinski definition) is 3. The first-order valence-corrected chi connectivity index (χ1v) is 4.52. The molecule has 0 saturated carbocycles. The molecule has 1 heterocycles. The number of hydrogen-bond donors (Lipinski definition) is 0. The van der Waals surface area contributed by atoms with Crippen molar-refractivity contribution in [1.29, 1.82) is 0 Å². The number of methoxy groups -OCH3 is 1. The van der Waals surface area contributed by atoms with Crippen molar-refractivity contribution in [3.8, 4) is 12.3 Å². The highest BCUT2D eigenvalue weighted by atomic mass is 16.5. The predicted octanol–water partition coefficient (Wildman–Crippen LogP) is 1.12. The molecule has 1 aromatic heterocycles. The van der Waals surface area contributed by atoms with Crippen molar-refractivity contribution in [1.82, 2.24) is 9.78 Å². The molecule has 0 saturated heterocycles. The highest BCUT2D eigenvalue weighted by molar-refractivity contribution is 5.89. The molecule has 0 aliphatic rings. The minimum absolute atomic E-state index is 0.281. The zero-order valence-corrected chi connectivity index (χ0v) is 9.37. The maximum Gasteiger partial charge on any atom is 0.358 e. The van der Waals surface area contributed by atoms with E-state index in [0.29, 0.717) is 5.56 Å². The fraction of sp³-hybridized carbons (Fsp3) is 0.455. The van der Waals surface area contributed by atoms with Crippen LogP contribution < -0.4 is 0 Å². The summed E-state index contributed by atoms with van der Waals surface area (Å²) >= 11 is 0. The maximum absolute atomic E-state index is 11.4. The van der Waals surface area contributed by atoms with Gasteiger partial charge in [-0.3, -0.25) is 4.68 Å². The Morgan fingerprint density at radius 2 is 2.27 bits per heavy atom. The number of aryl methyl sites for hydroxylation is 1. The number of carbonyl (C=O) groups is 1. The van der Waals surface area contributed by atoms with Crippen LogP contribution in [0.2, 0.25) is 0 Å². The number of esters is 1. The van der Waals surface area contributed by atoms with E-state index in [1.165, 1.54) is 7.11 Å². The fourth-order valence-electron chi connectivity index (χ4n) is 1.27. The molecule has 0 radical (unpaired) electrons. The molecule has 0 N–H and O–H groups in total. The number of carbonyl (C=O) groups excluding carboxylic acids is 1. The summed E-state index contributed by atoms with van der Waals surface area (Å²) in [6, 6.07) is 0. The van der Waals surface area contributed by atoms with E-state index in [1.54, 1.807) is 17.9 Å². The summed E-state index contributed by atoms with van der Waals surface area (Å²) < 4.78 is 6.20. The molecule has 0 aliphatic carbocycles. The third-order valence-electron chi connectivity index (χ3n) is 2.24. The number of terminal acetylenes is 1. The van der Waals surface area contributed by atoms with Crippen molar-refractivity contribution in [3.63, 3.8) is 0 Å². The monoisotopic (exact) mass is 206 g/mol. The van der Waals surface area contributed by atoms with Gasteiger partial charge in [-0.2, -0.15) is 5.10 Å². The molecule has 4 heteroatoms. The minimum Gasteiger partial charge on any atom is -0.464 e. The summed E-state index contributed by atoms with van der Waals surface area (Å²) in [6.07, 6.45) is 7.16. The second-order valence-electron chi connectivity index (χ2n) is 3.83. The van der Waals surface area contributed by atoms with Gasteiger partial charge in [0.1, 0.15) is 0 Å². The van der Waals surface area contributed by atoms with Crippen molar-refractivity contribution in [2.75, 3.05) is 7.11 Å². The van der Waals surface area contributed by atoms with E-state index in [9.17, 15) is 4.79 Å². The van der Waals surface area contributed by atoms with Gasteiger partial charge in [0.2, 0.25) is 0 Å². The summed E-state index contributed by atoms with van der Waals surface area (Å²) in [5.74, 6) is 2.17. The van der Waals surface area contributed by atoms with Gasteiger partial charge < -0.3 is 4.74 Å². The van der Waals surface area contributed by atoms with Gasteiger partial charge in [-0.05, 0) is 13.8 Å². The first-order valence-electron chi connectivity index (χ1n) is 4.52. The summed E-state index contributed by atoms with van der Waals surface area (Å²) in [4.78, 5) is 11.4. The van der Waals surface area contributed by atoms with E-state index in [4.69, 9.17) is 6.42 Å². The normalized spacial score (nSPS) is 10.9. The summed E-state index contributed by atoms with van der Waals surface area (Å²) in [5.41, 5.74) is 0.458. The molecular formula is C11H14N2O2. The number of rotatable bonds is 2. The van der Waals surface area contributed by atoms with Crippen LogP contribution in [0.5, 0.6) is 0 Å². The van der Waals surface area contributed by atoms with E-state index in [2.05, 4.69) is 15.8 Å². The molecule has 1 aromatic rings. The van der Waals surface area contributed by atoms with Gasteiger partial charge >= 0.3 is 5.97 Å². The fourth-order valence-corrected chi connectivity index (χ4v) is 1.27. The Morgan fingerprint density at radius 1 is 1.67 bits per heavy atom. The molecule has 0 atom stereocenters. The Bertz CT molecular complexity index is 424. The van der Waals surface area contributed by atoms with Crippen molar-refractivity contribution in [2.45, 2.75) is 19.3 Å². The number of nitrogens with zero attached hydrogens (tertiary/aromatic N) is 2. The predicted molar refractivity (Wildman–Crippen MR) is 56.4 cm³/mol. The van der Waals surface area contributed by atoms with Crippen molar-refractivity contribution >= 4 is 5.97 Å². The minimum atomic E-state index is -0.530. The van der Waals surface area contributed by atoms with Crippen LogP contribution in [0.3, 0.4) is 0 Å². The molecule has 0 unspecified atom stereocenters. The highest BCUT2D eigenvalue weighted by Gasteiger charge is 2.27. The Balaban J connectivity index is 3.31. The van der Waals surface area contributed by atoms with Crippen LogP contribution in [0.15, 0.2) is 6.20 Å². The molecular weight excluding hydrogens is 192 g/mol. The zero-order valence-electron chi connectivity index (χ0n) is 9.37. The second-order valence-corrected chi connectivity index (χ2v) is 3.83. The SMILES string of the molecule is C#CC(C)(C)c1cn(C)nc1C(=O)OC.